The predicted octanol–water partition coefficient (Wildman–Crippen LogP) is -1.01. The number of aldehydes is 1. The van der Waals surface area contributed by atoms with Crippen molar-refractivity contribution >= 4 is 12.2 Å². The van der Waals surface area contributed by atoms with Gasteiger partial charge in [-0.25, -0.2) is 4.98 Å². The highest BCUT2D eigenvalue weighted by atomic mass is 16.2. The van der Waals surface area contributed by atoms with Crippen LogP contribution in [0.25, 0.3) is 0 Å². The van der Waals surface area contributed by atoms with Crippen LogP contribution in [0.1, 0.15) is 12.6 Å². The molecule has 6 nitrogen and oxygen atoms in total. The Morgan fingerprint density at radius 2 is 2.44 bits per heavy atom. The van der Waals surface area contributed by atoms with Gasteiger partial charge >= 0.3 is 0 Å². The number of hydrogen-bond donors (Lipinski definition) is 2. The van der Waals surface area contributed by atoms with Crippen LogP contribution in [0.15, 0.2) is 12.5 Å². The smallest absolute Gasteiger partial charge is 0.237 e. The van der Waals surface area contributed by atoms with Gasteiger partial charge in [0.05, 0.1) is 18.4 Å². The number of carbonyl (C=O) groups excluding carboxylic acids is 2. The van der Waals surface area contributed by atoms with Crippen molar-refractivity contribution in [2.45, 2.75) is 25.4 Å². The molecule has 16 heavy (non-hydrogen) atoms. The van der Waals surface area contributed by atoms with Crippen molar-refractivity contribution in [1.82, 2.24) is 14.9 Å². The van der Waals surface area contributed by atoms with Gasteiger partial charge in [-0.05, 0) is 6.92 Å². The number of amides is 1. The van der Waals surface area contributed by atoms with Gasteiger partial charge in [0.25, 0.3) is 0 Å². The Morgan fingerprint density at radius 3 is 2.88 bits per heavy atom. The van der Waals surface area contributed by atoms with E-state index in [1.165, 1.54) is 0 Å². The highest BCUT2D eigenvalue weighted by molar-refractivity contribution is 5.83. The SMILES string of the molecule is C[C@H](N)C(=O)N[C@H](C=O)Cc1cncn1C. The standard InChI is InChI=1S/C10H16N4O2/c1-7(11)10(16)13-8(5-15)3-9-4-12-6-14(9)2/h4-8H,3,11H2,1-2H3,(H,13,16)/t7-,8-/m0/s1. The molecule has 3 N–H and O–H groups in total. The molecule has 0 aliphatic heterocycles. The van der Waals surface area contributed by atoms with Gasteiger partial charge in [0.2, 0.25) is 5.91 Å². The molecule has 0 aliphatic carbocycles. The summed E-state index contributed by atoms with van der Waals surface area (Å²) in [5, 5.41) is 2.56. The van der Waals surface area contributed by atoms with E-state index in [1.807, 2.05) is 7.05 Å². The zero-order chi connectivity index (χ0) is 12.1. The van der Waals surface area contributed by atoms with Gasteiger partial charge in [-0.15, -0.1) is 0 Å². The highest BCUT2D eigenvalue weighted by Gasteiger charge is 2.15. The molecule has 1 rings (SSSR count). The molecule has 1 amide bonds. The summed E-state index contributed by atoms with van der Waals surface area (Å²) in [6.45, 7) is 1.57. The number of hydrogen-bond acceptors (Lipinski definition) is 4. The number of aryl methyl sites for hydroxylation is 1. The Kier molecular flexibility index (Phi) is 4.19. The predicted molar refractivity (Wildman–Crippen MR) is 58.6 cm³/mol. The molecule has 1 aromatic rings. The number of carbonyl (C=O) groups is 2. The maximum atomic E-state index is 11.3. The minimum atomic E-state index is -0.617. The van der Waals surface area contributed by atoms with Crippen molar-refractivity contribution in [3.8, 4) is 0 Å². The van der Waals surface area contributed by atoms with Gasteiger partial charge in [-0.3, -0.25) is 4.79 Å². The molecule has 1 aromatic heterocycles. The minimum absolute atomic E-state index is 0.334. The topological polar surface area (TPSA) is 90.0 Å². The van der Waals surface area contributed by atoms with Crippen molar-refractivity contribution < 1.29 is 9.59 Å². The van der Waals surface area contributed by atoms with Crippen LogP contribution >= 0.6 is 0 Å². The van der Waals surface area contributed by atoms with Crippen LogP contribution in [0.4, 0.5) is 0 Å². The Morgan fingerprint density at radius 1 is 1.75 bits per heavy atom. The van der Waals surface area contributed by atoms with Crippen LogP contribution < -0.4 is 11.1 Å². The quantitative estimate of drug-likeness (QED) is 0.627. The summed E-state index contributed by atoms with van der Waals surface area (Å²) in [6.07, 6.45) is 4.42. The van der Waals surface area contributed by atoms with Gasteiger partial charge in [-0.2, -0.15) is 0 Å². The molecule has 88 valence electrons. The van der Waals surface area contributed by atoms with E-state index in [4.69, 9.17) is 5.73 Å². The molecule has 1 heterocycles. The number of aromatic nitrogens is 2. The van der Waals surface area contributed by atoms with Gasteiger partial charge in [0.15, 0.2) is 0 Å². The summed E-state index contributed by atoms with van der Waals surface area (Å²) in [5.74, 6) is -0.334. The Bertz CT molecular complexity index is 373. The number of nitrogens with zero attached hydrogens (tertiary/aromatic N) is 2. The third-order valence-corrected chi connectivity index (χ3v) is 2.25. The number of nitrogens with one attached hydrogen (secondary N) is 1. The van der Waals surface area contributed by atoms with Crippen LogP contribution in [-0.4, -0.2) is 33.8 Å². The molecular formula is C10H16N4O2. The van der Waals surface area contributed by atoms with E-state index in [1.54, 1.807) is 24.0 Å². The largest absolute Gasteiger partial charge is 0.345 e. The number of rotatable bonds is 5. The van der Waals surface area contributed by atoms with E-state index in [0.29, 0.717) is 12.7 Å². The fraction of sp³-hybridized carbons (Fsp3) is 0.500. The lowest BCUT2D eigenvalue weighted by Crippen LogP contribution is -2.45. The van der Waals surface area contributed by atoms with E-state index in [2.05, 4.69) is 10.3 Å². The van der Waals surface area contributed by atoms with Gasteiger partial charge in [0.1, 0.15) is 6.29 Å². The molecule has 0 saturated heterocycles. The Balaban J connectivity index is 2.60. The van der Waals surface area contributed by atoms with Gasteiger partial charge in [0, 0.05) is 25.4 Å². The average molecular weight is 224 g/mol. The van der Waals surface area contributed by atoms with E-state index in [-0.39, 0.29) is 5.91 Å². The zero-order valence-corrected chi connectivity index (χ0v) is 9.38. The first kappa shape index (κ1) is 12.4. The summed E-state index contributed by atoms with van der Waals surface area (Å²) in [7, 11) is 1.83. The van der Waals surface area contributed by atoms with E-state index >= 15 is 0 Å². The monoisotopic (exact) mass is 224 g/mol. The van der Waals surface area contributed by atoms with Crippen LogP contribution in [-0.2, 0) is 23.1 Å². The molecule has 0 fully saturated rings. The molecule has 0 radical (unpaired) electrons. The fourth-order valence-corrected chi connectivity index (χ4v) is 1.25. The third kappa shape index (κ3) is 3.16. The Labute approximate surface area is 93.8 Å². The molecule has 0 spiro atoms. The van der Waals surface area contributed by atoms with E-state index in [0.717, 1.165) is 5.69 Å². The number of imidazole rings is 1. The molecule has 2 atom stereocenters. The van der Waals surface area contributed by atoms with Crippen molar-refractivity contribution in [3.05, 3.63) is 18.2 Å². The van der Waals surface area contributed by atoms with Crippen molar-refractivity contribution in [2.24, 2.45) is 12.8 Å². The molecule has 0 aromatic carbocycles. The zero-order valence-electron chi connectivity index (χ0n) is 9.38. The lowest BCUT2D eigenvalue weighted by atomic mass is 10.1. The third-order valence-electron chi connectivity index (χ3n) is 2.25. The normalized spacial score (nSPS) is 14.2. The summed E-state index contributed by atoms with van der Waals surface area (Å²) in [5.41, 5.74) is 6.27. The summed E-state index contributed by atoms with van der Waals surface area (Å²) < 4.78 is 1.80. The summed E-state index contributed by atoms with van der Waals surface area (Å²) in [4.78, 5) is 26.1. The minimum Gasteiger partial charge on any atom is -0.345 e. The first-order valence-corrected chi connectivity index (χ1v) is 5.01. The molecule has 0 aliphatic rings. The summed E-state index contributed by atoms with van der Waals surface area (Å²) >= 11 is 0. The lowest BCUT2D eigenvalue weighted by molar-refractivity contribution is -0.124. The van der Waals surface area contributed by atoms with E-state index < -0.39 is 12.1 Å². The second-order valence-corrected chi connectivity index (χ2v) is 3.74. The molecule has 6 heteroatoms. The van der Waals surface area contributed by atoms with Crippen molar-refractivity contribution in [1.29, 1.82) is 0 Å². The van der Waals surface area contributed by atoms with Crippen molar-refractivity contribution in [3.63, 3.8) is 0 Å². The fourth-order valence-electron chi connectivity index (χ4n) is 1.25. The number of nitrogens with two attached hydrogens (primary N) is 1. The van der Waals surface area contributed by atoms with Gasteiger partial charge in [-0.1, -0.05) is 0 Å². The lowest BCUT2D eigenvalue weighted by Gasteiger charge is -2.14. The molecule has 0 unspecified atom stereocenters. The summed E-state index contributed by atoms with van der Waals surface area (Å²) in [6, 6.07) is -1.18. The molecule has 0 saturated carbocycles. The van der Waals surface area contributed by atoms with Crippen LogP contribution in [0.3, 0.4) is 0 Å². The maximum absolute atomic E-state index is 11.3. The first-order chi connectivity index (χ1) is 7.54. The van der Waals surface area contributed by atoms with Crippen LogP contribution in [0, 0.1) is 0 Å². The van der Waals surface area contributed by atoms with Crippen LogP contribution in [0.2, 0.25) is 0 Å². The maximum Gasteiger partial charge on any atom is 0.237 e. The van der Waals surface area contributed by atoms with E-state index in [9.17, 15) is 9.59 Å². The average Bonchev–Trinajstić information content (AvgIpc) is 2.63. The van der Waals surface area contributed by atoms with Crippen LogP contribution in [0.5, 0.6) is 0 Å². The van der Waals surface area contributed by atoms with Crippen molar-refractivity contribution in [2.75, 3.05) is 0 Å². The second-order valence-electron chi connectivity index (χ2n) is 3.74. The second kappa shape index (κ2) is 5.41. The van der Waals surface area contributed by atoms with Gasteiger partial charge < -0.3 is 20.4 Å². The highest BCUT2D eigenvalue weighted by Crippen LogP contribution is 2.00. The first-order valence-electron chi connectivity index (χ1n) is 5.01. The Hall–Kier alpha value is -1.69. The molecule has 0 bridgehead atoms. The molecular weight excluding hydrogens is 208 g/mol.